The molecule has 0 saturated heterocycles. The average molecular weight is 248 g/mol. The number of nitrogens with one attached hydrogen (secondary N) is 1. The number of aromatic nitrogens is 2. The summed E-state index contributed by atoms with van der Waals surface area (Å²) in [6, 6.07) is 5.50. The predicted molar refractivity (Wildman–Crippen MR) is 68.6 cm³/mol. The summed E-state index contributed by atoms with van der Waals surface area (Å²) in [5.74, 6) is 2.00. The van der Waals surface area contributed by atoms with Crippen LogP contribution in [-0.4, -0.2) is 23.8 Å². The van der Waals surface area contributed by atoms with Crippen LogP contribution < -0.4 is 15.8 Å². The van der Waals surface area contributed by atoms with Crippen LogP contribution in [0.15, 0.2) is 22.7 Å². The Bertz CT molecular complexity index is 525. The number of nitrogen functional groups attached to an aromatic ring is 1. The molecule has 0 amide bonds. The van der Waals surface area contributed by atoms with Crippen molar-refractivity contribution in [1.29, 1.82) is 0 Å². The van der Waals surface area contributed by atoms with Crippen molar-refractivity contribution < 1.29 is 9.26 Å². The van der Waals surface area contributed by atoms with Gasteiger partial charge in [0.15, 0.2) is 5.82 Å². The van der Waals surface area contributed by atoms with Crippen LogP contribution >= 0.6 is 0 Å². The number of nitrogens with two attached hydrogens (primary N) is 1. The van der Waals surface area contributed by atoms with Crippen molar-refractivity contribution >= 4 is 11.4 Å². The van der Waals surface area contributed by atoms with E-state index in [2.05, 4.69) is 15.5 Å². The summed E-state index contributed by atoms with van der Waals surface area (Å²) in [6.07, 6.45) is 0.665. The van der Waals surface area contributed by atoms with E-state index in [-0.39, 0.29) is 0 Å². The van der Waals surface area contributed by atoms with Crippen LogP contribution in [0.1, 0.15) is 11.7 Å². The molecule has 1 aromatic heterocycles. The van der Waals surface area contributed by atoms with Gasteiger partial charge in [-0.05, 0) is 13.0 Å². The molecular formula is C12H16N4O2. The van der Waals surface area contributed by atoms with E-state index in [9.17, 15) is 0 Å². The molecule has 0 unspecified atom stereocenters. The molecule has 0 atom stereocenters. The van der Waals surface area contributed by atoms with Crippen molar-refractivity contribution in [2.45, 2.75) is 13.3 Å². The minimum atomic E-state index is 0.621. The van der Waals surface area contributed by atoms with Crippen LogP contribution in [0.3, 0.4) is 0 Å². The van der Waals surface area contributed by atoms with Crippen molar-refractivity contribution in [1.82, 2.24) is 10.1 Å². The maximum absolute atomic E-state index is 5.76. The highest BCUT2D eigenvalue weighted by molar-refractivity contribution is 5.59. The van der Waals surface area contributed by atoms with Crippen molar-refractivity contribution in [3.05, 3.63) is 29.9 Å². The van der Waals surface area contributed by atoms with E-state index in [0.29, 0.717) is 30.4 Å². The lowest BCUT2D eigenvalue weighted by atomic mass is 10.2. The Kier molecular flexibility index (Phi) is 3.66. The van der Waals surface area contributed by atoms with Crippen molar-refractivity contribution in [3.63, 3.8) is 0 Å². The predicted octanol–water partition coefficient (Wildman–Crippen LogP) is 1.62. The lowest BCUT2D eigenvalue weighted by Gasteiger charge is -2.08. The first kappa shape index (κ1) is 12.2. The molecule has 3 N–H and O–H groups in total. The number of ether oxygens (including phenoxy) is 1. The third-order valence-electron chi connectivity index (χ3n) is 2.40. The summed E-state index contributed by atoms with van der Waals surface area (Å²) in [5.41, 5.74) is 7.32. The molecule has 96 valence electrons. The van der Waals surface area contributed by atoms with Gasteiger partial charge < -0.3 is 20.3 Å². The van der Waals surface area contributed by atoms with E-state index in [0.717, 1.165) is 11.4 Å². The molecule has 1 aromatic carbocycles. The maximum atomic E-state index is 5.76. The van der Waals surface area contributed by atoms with E-state index in [1.165, 1.54) is 0 Å². The molecule has 2 rings (SSSR count). The Balaban J connectivity index is 1.91. The Morgan fingerprint density at radius 2 is 2.22 bits per heavy atom. The van der Waals surface area contributed by atoms with Gasteiger partial charge in [0.05, 0.1) is 7.11 Å². The summed E-state index contributed by atoms with van der Waals surface area (Å²) < 4.78 is 10.2. The number of methoxy groups -OCH3 is 1. The van der Waals surface area contributed by atoms with Crippen LogP contribution in [0.2, 0.25) is 0 Å². The summed E-state index contributed by atoms with van der Waals surface area (Å²) in [4.78, 5) is 4.13. The highest BCUT2D eigenvalue weighted by Crippen LogP contribution is 2.22. The fourth-order valence-corrected chi connectivity index (χ4v) is 1.60. The molecule has 0 fully saturated rings. The van der Waals surface area contributed by atoms with Gasteiger partial charge in [-0.2, -0.15) is 4.98 Å². The highest BCUT2D eigenvalue weighted by Gasteiger charge is 2.03. The van der Waals surface area contributed by atoms with Gasteiger partial charge in [-0.1, -0.05) is 5.16 Å². The van der Waals surface area contributed by atoms with Crippen LogP contribution in [0.5, 0.6) is 5.75 Å². The molecule has 6 heteroatoms. The van der Waals surface area contributed by atoms with Gasteiger partial charge in [-0.25, -0.2) is 0 Å². The highest BCUT2D eigenvalue weighted by atomic mass is 16.5. The molecule has 0 spiro atoms. The molecule has 0 aliphatic rings. The lowest BCUT2D eigenvalue weighted by Crippen LogP contribution is -2.05. The zero-order valence-corrected chi connectivity index (χ0v) is 10.4. The van der Waals surface area contributed by atoms with Gasteiger partial charge in [0.2, 0.25) is 5.89 Å². The number of nitrogens with zero attached hydrogens (tertiary/aromatic N) is 2. The van der Waals surface area contributed by atoms with Gasteiger partial charge in [0.25, 0.3) is 0 Å². The molecule has 1 heterocycles. The number of rotatable bonds is 5. The van der Waals surface area contributed by atoms with Crippen molar-refractivity contribution in [2.75, 3.05) is 24.7 Å². The molecule has 0 aliphatic heterocycles. The number of anilines is 2. The van der Waals surface area contributed by atoms with Crippen molar-refractivity contribution in [3.8, 4) is 5.75 Å². The van der Waals surface area contributed by atoms with Crippen molar-refractivity contribution in [2.24, 2.45) is 0 Å². The average Bonchev–Trinajstić information content (AvgIpc) is 2.74. The normalized spacial score (nSPS) is 10.3. The quantitative estimate of drug-likeness (QED) is 0.782. The number of hydrogen-bond donors (Lipinski definition) is 2. The summed E-state index contributed by atoms with van der Waals surface area (Å²) >= 11 is 0. The summed E-state index contributed by atoms with van der Waals surface area (Å²) in [7, 11) is 1.61. The second kappa shape index (κ2) is 5.39. The molecule has 0 radical (unpaired) electrons. The minimum absolute atomic E-state index is 0.621. The second-order valence-electron chi connectivity index (χ2n) is 3.91. The van der Waals surface area contributed by atoms with Gasteiger partial charge in [0, 0.05) is 36.5 Å². The van der Waals surface area contributed by atoms with E-state index in [1.807, 2.05) is 12.1 Å². The molecular weight excluding hydrogens is 232 g/mol. The fraction of sp³-hybridized carbons (Fsp3) is 0.333. The fourth-order valence-electron chi connectivity index (χ4n) is 1.60. The van der Waals surface area contributed by atoms with Gasteiger partial charge in [-0.3, -0.25) is 0 Å². The van der Waals surface area contributed by atoms with E-state index in [1.54, 1.807) is 20.1 Å². The minimum Gasteiger partial charge on any atom is -0.497 e. The summed E-state index contributed by atoms with van der Waals surface area (Å²) in [6.45, 7) is 2.48. The Morgan fingerprint density at radius 1 is 1.39 bits per heavy atom. The largest absolute Gasteiger partial charge is 0.497 e. The van der Waals surface area contributed by atoms with Crippen LogP contribution in [0.25, 0.3) is 0 Å². The number of benzene rings is 1. The third-order valence-corrected chi connectivity index (χ3v) is 2.40. The Labute approximate surface area is 105 Å². The SMILES string of the molecule is COc1cc(N)cc(NCCc2nc(C)no2)c1. The van der Waals surface area contributed by atoms with E-state index >= 15 is 0 Å². The van der Waals surface area contributed by atoms with E-state index in [4.69, 9.17) is 15.0 Å². The van der Waals surface area contributed by atoms with Crippen LogP contribution in [0.4, 0.5) is 11.4 Å². The molecule has 18 heavy (non-hydrogen) atoms. The van der Waals surface area contributed by atoms with Crippen LogP contribution in [-0.2, 0) is 6.42 Å². The molecule has 0 saturated carbocycles. The number of aryl methyl sites for hydroxylation is 1. The number of hydrogen-bond acceptors (Lipinski definition) is 6. The first-order valence-electron chi connectivity index (χ1n) is 5.65. The Hall–Kier alpha value is -2.24. The van der Waals surface area contributed by atoms with Gasteiger partial charge in [-0.15, -0.1) is 0 Å². The second-order valence-corrected chi connectivity index (χ2v) is 3.91. The van der Waals surface area contributed by atoms with Gasteiger partial charge in [0.1, 0.15) is 5.75 Å². The third kappa shape index (κ3) is 3.13. The molecule has 0 bridgehead atoms. The topological polar surface area (TPSA) is 86.2 Å². The maximum Gasteiger partial charge on any atom is 0.228 e. The zero-order chi connectivity index (χ0) is 13.0. The van der Waals surface area contributed by atoms with E-state index < -0.39 is 0 Å². The summed E-state index contributed by atoms with van der Waals surface area (Å²) in [5, 5.41) is 6.96. The van der Waals surface area contributed by atoms with Crippen LogP contribution in [0, 0.1) is 6.92 Å². The molecule has 6 nitrogen and oxygen atoms in total. The standard InChI is InChI=1S/C12H16N4O2/c1-8-15-12(18-16-8)3-4-14-10-5-9(13)6-11(7-10)17-2/h5-7,14H,3-4,13H2,1-2H3. The molecule has 0 aliphatic carbocycles. The van der Waals surface area contributed by atoms with Gasteiger partial charge >= 0.3 is 0 Å². The first-order valence-corrected chi connectivity index (χ1v) is 5.65. The monoisotopic (exact) mass is 248 g/mol. The smallest absolute Gasteiger partial charge is 0.228 e. The lowest BCUT2D eigenvalue weighted by molar-refractivity contribution is 0.377. The molecule has 2 aromatic rings. The Morgan fingerprint density at radius 3 is 2.89 bits per heavy atom. The zero-order valence-electron chi connectivity index (χ0n) is 10.4. The first-order chi connectivity index (χ1) is 8.67.